The van der Waals surface area contributed by atoms with Crippen molar-refractivity contribution >= 4 is 31.5 Å². The average molecular weight is 971 g/mol. The Balaban J connectivity index is 1.26. The molecule has 0 saturated carbocycles. The maximum Gasteiger partial charge on any atom is 0.316 e. The van der Waals surface area contributed by atoms with Gasteiger partial charge in [0.05, 0.1) is 57.5 Å². The molecule has 3 atom stereocenters. The second-order valence-electron chi connectivity index (χ2n) is 18.3. The van der Waals surface area contributed by atoms with Crippen LogP contribution in [0.3, 0.4) is 0 Å². The summed E-state index contributed by atoms with van der Waals surface area (Å²) in [6, 6.07) is 35.2. The number of fused-ring (bicyclic) bond motifs is 2. The third-order valence-electron chi connectivity index (χ3n) is 12.2. The lowest BCUT2D eigenvalue weighted by Crippen LogP contribution is -2.42. The van der Waals surface area contributed by atoms with Crippen LogP contribution in [0, 0.1) is 16.7 Å². The smallest absolute Gasteiger partial charge is 0.316 e. The maximum atomic E-state index is 15.0. The van der Waals surface area contributed by atoms with Crippen LogP contribution in [-0.2, 0) is 35.4 Å². The van der Waals surface area contributed by atoms with Gasteiger partial charge < -0.3 is 37.3 Å². The van der Waals surface area contributed by atoms with Crippen LogP contribution in [0.2, 0.25) is 0 Å². The Kier molecular flexibility index (Phi) is 17.4. The van der Waals surface area contributed by atoms with Crippen molar-refractivity contribution in [2.75, 3.05) is 47.1 Å². The van der Waals surface area contributed by atoms with E-state index in [1.54, 1.807) is 53.2 Å². The molecular weight excluding hydrogens is 908 g/mol. The zero-order valence-corrected chi connectivity index (χ0v) is 42.0. The molecule has 14 nitrogen and oxygen atoms in total. The van der Waals surface area contributed by atoms with Crippen LogP contribution in [0.5, 0.6) is 17.2 Å². The highest BCUT2D eigenvalue weighted by Crippen LogP contribution is 2.47. The highest BCUT2D eigenvalue weighted by molar-refractivity contribution is 7.44. The number of nitrogens with zero attached hydrogens (tertiary/aromatic N) is 4. The van der Waals surface area contributed by atoms with E-state index in [1.165, 1.54) is 12.1 Å². The number of carbonyl (C=O) groups excluding carboxylic acids is 2. The molecule has 70 heavy (non-hydrogen) atoms. The Labute approximate surface area is 411 Å². The first-order valence-corrected chi connectivity index (χ1v) is 25.0. The van der Waals surface area contributed by atoms with Gasteiger partial charge in [-0.25, -0.2) is 9.65 Å². The highest BCUT2D eigenvalue weighted by Gasteiger charge is 2.43. The molecule has 2 aliphatic heterocycles. The molecule has 0 bridgehead atoms. The number of esters is 1. The predicted molar refractivity (Wildman–Crippen MR) is 269 cm³/mol. The number of aromatic nitrogens is 1. The lowest BCUT2D eigenvalue weighted by molar-refractivity contribution is -0.143. The average Bonchev–Trinajstić information content (AvgIpc) is 3.77. The number of ether oxygens (including phenoxy) is 4. The molecule has 1 saturated heterocycles. The molecule has 368 valence electrons. The van der Waals surface area contributed by atoms with Gasteiger partial charge >= 0.3 is 5.97 Å². The summed E-state index contributed by atoms with van der Waals surface area (Å²) in [4.78, 5) is 47.2. The topological polar surface area (TPSA) is 163 Å². The zero-order chi connectivity index (χ0) is 49.8. The van der Waals surface area contributed by atoms with Crippen molar-refractivity contribution in [2.45, 2.75) is 90.9 Å². The molecule has 2 heterocycles. The Hall–Kier alpha value is -6.20. The molecule has 0 aromatic heterocycles. The molecular formula is C55H63N4O10P. The Bertz CT molecular complexity index is 2700. The number of hydrogen-bond donors (Lipinski definition) is 0. The number of nitriles is 1. The van der Waals surface area contributed by atoms with Gasteiger partial charge in [0.2, 0.25) is 5.91 Å². The zero-order valence-electron chi connectivity index (χ0n) is 41.1. The van der Waals surface area contributed by atoms with Gasteiger partial charge in [0.15, 0.2) is 16.8 Å². The van der Waals surface area contributed by atoms with E-state index >= 15 is 0 Å². The number of methoxy groups -OCH3 is 2. The Morgan fingerprint density at radius 1 is 0.871 bits per heavy atom. The molecule has 0 spiro atoms. The van der Waals surface area contributed by atoms with Crippen LogP contribution >= 0.6 is 8.53 Å². The van der Waals surface area contributed by atoms with E-state index in [2.05, 4.69) is 24.6 Å². The van der Waals surface area contributed by atoms with Gasteiger partial charge in [0, 0.05) is 38.2 Å². The van der Waals surface area contributed by atoms with Crippen LogP contribution in [-0.4, -0.2) is 85.6 Å². The first-order chi connectivity index (χ1) is 33.8. The SMILES string of the molecule is CCCN(CCC)P(OCCC#N)O[C@@H]1C[C@@H](COC(c2ccccc2)(c2ccc(OC)cc2)c2ccc(OC)cc2)N(C(=O)CCc2cc3nc4ccc(=O)cc-4oc3cc2OC(=O)C(C)(C)C)C1. The minimum atomic E-state index is -1.57. The maximum absolute atomic E-state index is 15.0. The van der Waals surface area contributed by atoms with Gasteiger partial charge in [0.1, 0.15) is 34.1 Å². The molecule has 1 unspecified atom stereocenters. The van der Waals surface area contributed by atoms with E-state index in [1.807, 2.05) is 83.8 Å². The van der Waals surface area contributed by atoms with E-state index in [-0.39, 0.29) is 56.1 Å². The van der Waals surface area contributed by atoms with Gasteiger partial charge in [-0.2, -0.15) is 5.26 Å². The molecule has 4 aromatic carbocycles. The predicted octanol–water partition coefficient (Wildman–Crippen LogP) is 10.5. The van der Waals surface area contributed by atoms with Gasteiger partial charge in [-0.1, -0.05) is 68.4 Å². The highest BCUT2D eigenvalue weighted by atomic mass is 31.2. The second kappa shape index (κ2) is 23.6. The van der Waals surface area contributed by atoms with Crippen LogP contribution in [0.1, 0.15) is 89.0 Å². The number of aryl methyl sites for hydroxylation is 1. The number of rotatable bonds is 22. The largest absolute Gasteiger partial charge is 0.497 e. The molecule has 15 heteroatoms. The van der Waals surface area contributed by atoms with Crippen molar-refractivity contribution in [1.29, 1.82) is 5.26 Å². The summed E-state index contributed by atoms with van der Waals surface area (Å²) >= 11 is 0. The van der Waals surface area contributed by atoms with Crippen molar-refractivity contribution in [3.05, 3.63) is 142 Å². The lowest BCUT2D eigenvalue weighted by Gasteiger charge is -2.38. The van der Waals surface area contributed by atoms with Crippen LogP contribution in [0.4, 0.5) is 0 Å². The molecule has 7 rings (SSSR count). The third-order valence-corrected chi connectivity index (χ3v) is 13.9. The van der Waals surface area contributed by atoms with E-state index < -0.39 is 37.7 Å². The summed E-state index contributed by atoms with van der Waals surface area (Å²) in [7, 11) is 1.70. The molecule has 0 radical (unpaired) electrons. The van der Waals surface area contributed by atoms with Crippen molar-refractivity contribution in [3.63, 3.8) is 0 Å². The Morgan fingerprint density at radius 2 is 1.51 bits per heavy atom. The second-order valence-corrected chi connectivity index (χ2v) is 19.8. The van der Waals surface area contributed by atoms with Crippen LogP contribution in [0.25, 0.3) is 22.6 Å². The fourth-order valence-corrected chi connectivity index (χ4v) is 10.3. The summed E-state index contributed by atoms with van der Waals surface area (Å²) in [5.74, 6) is 1.32. The van der Waals surface area contributed by atoms with E-state index in [4.69, 9.17) is 37.4 Å². The van der Waals surface area contributed by atoms with Gasteiger partial charge in [-0.15, -0.1) is 0 Å². The monoisotopic (exact) mass is 970 g/mol. The number of benzene rings is 5. The number of amides is 1. The fraction of sp³-hybridized carbons (Fsp3) is 0.400. The third kappa shape index (κ3) is 12.2. The Morgan fingerprint density at radius 3 is 2.11 bits per heavy atom. The minimum Gasteiger partial charge on any atom is -0.497 e. The van der Waals surface area contributed by atoms with Gasteiger partial charge in [-0.3, -0.25) is 14.4 Å². The molecule has 1 aliphatic carbocycles. The van der Waals surface area contributed by atoms with E-state index in [9.17, 15) is 19.6 Å². The number of hydrogen-bond acceptors (Lipinski definition) is 13. The first-order valence-electron chi connectivity index (χ1n) is 23.9. The lowest BCUT2D eigenvalue weighted by atomic mass is 9.80. The summed E-state index contributed by atoms with van der Waals surface area (Å²) in [6.07, 6.45) is 2.27. The normalized spacial score (nSPS) is 15.6. The van der Waals surface area contributed by atoms with Crippen molar-refractivity contribution < 1.29 is 42.0 Å². The summed E-state index contributed by atoms with van der Waals surface area (Å²) in [6.45, 7) is 11.6. The van der Waals surface area contributed by atoms with Crippen molar-refractivity contribution in [1.82, 2.24) is 14.6 Å². The van der Waals surface area contributed by atoms with Crippen molar-refractivity contribution in [3.8, 4) is 34.8 Å². The summed E-state index contributed by atoms with van der Waals surface area (Å²) in [5.41, 5.74) is 2.28. The van der Waals surface area contributed by atoms with Crippen molar-refractivity contribution in [2.24, 2.45) is 5.41 Å². The quantitative estimate of drug-likeness (QED) is 0.0158. The van der Waals surface area contributed by atoms with Gasteiger partial charge in [-0.05, 0) is 111 Å². The minimum absolute atomic E-state index is 0.0467. The van der Waals surface area contributed by atoms with Crippen LogP contribution in [0.15, 0.2) is 118 Å². The number of likely N-dealkylation sites (tertiary alicyclic amines) is 1. The molecule has 1 amide bonds. The molecule has 3 aliphatic rings. The standard InChI is InChI=1S/C55H63N4O10P/c1-8-29-58(30-9-2)70(66-31-13-28-56)69-46-33-42(37-65-55(39-14-11-10-12-15-39,40-17-22-44(63-6)23-18-40)41-19-24-45(64-7)25-20-41)59(36-46)52(61)27-16-38-32-48-51(35-49(38)68-53(62)54(3,4)5)67-50-34-43(60)21-26-47(50)57-48/h10-12,14-15,17-26,32,34-35,42,46H,8-9,13,16,27,29-31,33,36-37H2,1-7H3/t42-,46+,70?/m0/s1. The summed E-state index contributed by atoms with van der Waals surface area (Å²) in [5, 5.41) is 9.40. The molecule has 1 fully saturated rings. The van der Waals surface area contributed by atoms with E-state index in [0.29, 0.717) is 46.0 Å². The number of carbonyl (C=O) groups is 2. The van der Waals surface area contributed by atoms with Crippen LogP contribution < -0.4 is 19.6 Å². The first kappa shape index (κ1) is 51.6. The molecule has 0 N–H and O–H groups in total. The fourth-order valence-electron chi connectivity index (χ4n) is 8.58. The molecule has 4 aromatic rings. The summed E-state index contributed by atoms with van der Waals surface area (Å²) < 4.78 is 46.1. The van der Waals surface area contributed by atoms with E-state index in [0.717, 1.165) is 42.6 Å². The van der Waals surface area contributed by atoms with Gasteiger partial charge in [0.25, 0.3) is 8.53 Å².